The van der Waals surface area contributed by atoms with E-state index in [1.807, 2.05) is 6.07 Å². The van der Waals surface area contributed by atoms with Gasteiger partial charge in [-0.15, -0.1) is 0 Å². The summed E-state index contributed by atoms with van der Waals surface area (Å²) in [5, 5.41) is 0. The van der Waals surface area contributed by atoms with E-state index in [4.69, 9.17) is 18.9 Å². The van der Waals surface area contributed by atoms with Crippen LogP contribution in [0.25, 0.3) is 0 Å². The number of nitrogens with zero attached hydrogens (tertiary/aromatic N) is 2. The van der Waals surface area contributed by atoms with Crippen LogP contribution in [0.5, 0.6) is 11.5 Å². The van der Waals surface area contributed by atoms with Crippen LogP contribution in [0.4, 0.5) is 0 Å². The Bertz CT molecular complexity index is 972. The van der Waals surface area contributed by atoms with Gasteiger partial charge in [-0.1, -0.05) is 13.0 Å². The smallest absolute Gasteiger partial charge is 0.310 e. The first-order valence-electron chi connectivity index (χ1n) is 13.2. The van der Waals surface area contributed by atoms with Crippen molar-refractivity contribution >= 4 is 5.97 Å². The van der Waals surface area contributed by atoms with Gasteiger partial charge < -0.3 is 18.9 Å². The maximum atomic E-state index is 13.0. The molecule has 184 valence electrons. The van der Waals surface area contributed by atoms with Gasteiger partial charge in [-0.3, -0.25) is 14.6 Å². The molecule has 3 saturated heterocycles. The second-order valence-corrected chi connectivity index (χ2v) is 11.9. The summed E-state index contributed by atoms with van der Waals surface area (Å²) in [6, 6.07) is 6.24. The lowest BCUT2D eigenvalue weighted by molar-refractivity contribution is -0.147. The highest BCUT2D eigenvalue weighted by molar-refractivity contribution is 5.75. The molecule has 0 amide bonds. The Labute approximate surface area is 201 Å². The molecule has 1 spiro atoms. The average Bonchev–Trinajstić information content (AvgIpc) is 3.31. The van der Waals surface area contributed by atoms with Crippen molar-refractivity contribution in [1.29, 1.82) is 0 Å². The van der Waals surface area contributed by atoms with E-state index in [1.165, 1.54) is 24.8 Å². The van der Waals surface area contributed by atoms with Crippen LogP contribution >= 0.6 is 0 Å². The summed E-state index contributed by atoms with van der Waals surface area (Å²) in [6.07, 6.45) is 5.94. The lowest BCUT2D eigenvalue weighted by atomic mass is 9.53. The van der Waals surface area contributed by atoms with Crippen molar-refractivity contribution in [1.82, 2.24) is 9.80 Å². The number of hydrogen-bond acceptors (Lipinski definition) is 7. The fourth-order valence-electron chi connectivity index (χ4n) is 7.87. The van der Waals surface area contributed by atoms with E-state index < -0.39 is 0 Å². The lowest BCUT2D eigenvalue weighted by Gasteiger charge is -2.51. The van der Waals surface area contributed by atoms with E-state index in [9.17, 15) is 4.79 Å². The SMILES string of the molecule is CC12CCCC3(CO3)C1CC1C(C2)OC(=O)C1CN1CCN(Cc2ccc3c(c2)OCO3)CC1. The minimum absolute atomic E-state index is 0.0210. The van der Waals surface area contributed by atoms with Crippen LogP contribution in [-0.2, 0) is 20.8 Å². The number of benzene rings is 1. The average molecular weight is 469 g/mol. The maximum Gasteiger partial charge on any atom is 0.310 e. The van der Waals surface area contributed by atoms with Gasteiger partial charge in [0.15, 0.2) is 11.5 Å². The Morgan fingerprint density at radius 2 is 1.85 bits per heavy atom. The number of ether oxygens (including phenoxy) is 4. The molecule has 1 aromatic rings. The first kappa shape index (κ1) is 21.5. The van der Waals surface area contributed by atoms with Gasteiger partial charge in [-0.2, -0.15) is 0 Å². The van der Waals surface area contributed by atoms with Crippen LogP contribution in [0.1, 0.15) is 44.6 Å². The van der Waals surface area contributed by atoms with Gasteiger partial charge in [0.1, 0.15) is 6.10 Å². The van der Waals surface area contributed by atoms with Gasteiger partial charge in [0, 0.05) is 45.2 Å². The van der Waals surface area contributed by atoms with Crippen molar-refractivity contribution in [3.8, 4) is 11.5 Å². The second kappa shape index (κ2) is 7.84. The highest BCUT2D eigenvalue weighted by Gasteiger charge is 2.65. The van der Waals surface area contributed by atoms with Crippen LogP contribution in [0.3, 0.4) is 0 Å². The van der Waals surface area contributed by atoms with E-state index in [2.05, 4.69) is 28.9 Å². The molecule has 5 fully saturated rings. The van der Waals surface area contributed by atoms with Gasteiger partial charge in [0.05, 0.1) is 18.1 Å². The molecule has 0 bridgehead atoms. The standard InChI is InChI=1S/C27H36N2O5/c1-26-5-2-6-27(16-33-27)24(26)12-19-20(25(30)34-23(19)13-26)15-29-9-7-28(8-10-29)14-18-3-4-21-22(11-18)32-17-31-21/h3-4,11,19-20,23-24H,2,5-10,12-17H2,1H3. The maximum absolute atomic E-state index is 13.0. The minimum atomic E-state index is 0.0210. The largest absolute Gasteiger partial charge is 0.462 e. The third kappa shape index (κ3) is 3.54. The van der Waals surface area contributed by atoms with E-state index in [0.717, 1.165) is 70.2 Å². The molecule has 0 radical (unpaired) electrons. The van der Waals surface area contributed by atoms with Crippen molar-refractivity contribution in [2.24, 2.45) is 23.2 Å². The first-order valence-corrected chi connectivity index (χ1v) is 13.2. The van der Waals surface area contributed by atoms with Crippen LogP contribution in [0.15, 0.2) is 18.2 Å². The number of fused-ring (bicyclic) bond motifs is 4. The molecule has 6 atom stereocenters. The topological polar surface area (TPSA) is 63.8 Å². The Morgan fingerprint density at radius 1 is 1.06 bits per heavy atom. The van der Waals surface area contributed by atoms with E-state index >= 15 is 0 Å². The van der Waals surface area contributed by atoms with Gasteiger partial charge in [0.25, 0.3) is 0 Å². The molecule has 4 aliphatic heterocycles. The molecule has 4 heterocycles. The van der Waals surface area contributed by atoms with Crippen molar-refractivity contribution < 1.29 is 23.7 Å². The Morgan fingerprint density at radius 3 is 2.68 bits per heavy atom. The number of piperazine rings is 1. The van der Waals surface area contributed by atoms with Crippen LogP contribution in [-0.4, -0.2) is 73.6 Å². The fraction of sp³-hybridized carbons (Fsp3) is 0.741. The summed E-state index contributed by atoms with van der Waals surface area (Å²) in [6.45, 7) is 9.46. The van der Waals surface area contributed by atoms with Gasteiger partial charge >= 0.3 is 5.97 Å². The zero-order valence-corrected chi connectivity index (χ0v) is 20.2. The third-order valence-corrected chi connectivity index (χ3v) is 9.84. The highest BCUT2D eigenvalue weighted by atomic mass is 16.7. The van der Waals surface area contributed by atoms with Crippen LogP contribution in [0.2, 0.25) is 0 Å². The number of rotatable bonds is 4. The Kier molecular flexibility index (Phi) is 4.94. The van der Waals surface area contributed by atoms with Crippen molar-refractivity contribution in [3.63, 3.8) is 0 Å². The van der Waals surface area contributed by atoms with Crippen molar-refractivity contribution in [2.75, 3.05) is 46.1 Å². The molecule has 7 rings (SSSR count). The number of epoxide rings is 1. The molecule has 0 N–H and O–H groups in total. The Balaban J connectivity index is 0.971. The van der Waals surface area contributed by atoms with Gasteiger partial charge in [-0.25, -0.2) is 0 Å². The number of esters is 1. The quantitative estimate of drug-likeness (QED) is 0.497. The number of hydrogen-bond donors (Lipinski definition) is 0. The van der Waals surface area contributed by atoms with E-state index in [-0.39, 0.29) is 29.0 Å². The molecular formula is C27H36N2O5. The molecule has 0 aromatic heterocycles. The molecule has 1 aromatic carbocycles. The molecule has 7 heteroatoms. The minimum Gasteiger partial charge on any atom is -0.462 e. The lowest BCUT2D eigenvalue weighted by Crippen LogP contribution is -2.52. The zero-order chi connectivity index (χ0) is 22.9. The fourth-order valence-corrected chi connectivity index (χ4v) is 7.87. The summed E-state index contributed by atoms with van der Waals surface area (Å²) in [5.41, 5.74) is 1.65. The molecule has 6 aliphatic rings. The molecular weight excluding hydrogens is 432 g/mol. The second-order valence-electron chi connectivity index (χ2n) is 11.9. The monoisotopic (exact) mass is 468 g/mol. The van der Waals surface area contributed by atoms with Gasteiger partial charge in [0.2, 0.25) is 6.79 Å². The molecule has 7 nitrogen and oxygen atoms in total. The number of carbonyl (C=O) groups is 1. The molecule has 6 unspecified atom stereocenters. The highest BCUT2D eigenvalue weighted by Crippen LogP contribution is 2.62. The molecule has 2 saturated carbocycles. The van der Waals surface area contributed by atoms with Crippen molar-refractivity contribution in [2.45, 2.75) is 57.3 Å². The Hall–Kier alpha value is -1.83. The van der Waals surface area contributed by atoms with E-state index in [0.29, 0.717) is 18.6 Å². The zero-order valence-electron chi connectivity index (χ0n) is 20.2. The van der Waals surface area contributed by atoms with Crippen LogP contribution < -0.4 is 9.47 Å². The van der Waals surface area contributed by atoms with E-state index in [1.54, 1.807) is 0 Å². The summed E-state index contributed by atoms with van der Waals surface area (Å²) < 4.78 is 23.0. The normalized spacial score (nSPS) is 41.3. The summed E-state index contributed by atoms with van der Waals surface area (Å²) in [4.78, 5) is 18.0. The van der Waals surface area contributed by atoms with Crippen LogP contribution in [0, 0.1) is 23.2 Å². The molecule has 34 heavy (non-hydrogen) atoms. The summed E-state index contributed by atoms with van der Waals surface area (Å²) >= 11 is 0. The van der Waals surface area contributed by atoms with Gasteiger partial charge in [-0.05, 0) is 61.1 Å². The van der Waals surface area contributed by atoms with Crippen molar-refractivity contribution in [3.05, 3.63) is 23.8 Å². The molecule has 2 aliphatic carbocycles. The first-order chi connectivity index (χ1) is 16.5. The number of carbonyl (C=O) groups excluding carboxylic acids is 1. The summed E-state index contributed by atoms with van der Waals surface area (Å²) in [7, 11) is 0. The predicted octanol–water partition coefficient (Wildman–Crippen LogP) is 3.06. The summed E-state index contributed by atoms with van der Waals surface area (Å²) in [5.74, 6) is 2.71. The third-order valence-electron chi connectivity index (χ3n) is 9.84. The predicted molar refractivity (Wildman–Crippen MR) is 125 cm³/mol.